The maximum Gasteiger partial charge on any atom is 0.187 e. The van der Waals surface area contributed by atoms with Crippen molar-refractivity contribution in [1.82, 2.24) is 9.97 Å². The van der Waals surface area contributed by atoms with Gasteiger partial charge in [-0.2, -0.15) is 0 Å². The van der Waals surface area contributed by atoms with Gasteiger partial charge in [-0.05, 0) is 80.4 Å². The molecule has 2 aromatic heterocycles. The third kappa shape index (κ3) is 5.40. The van der Waals surface area contributed by atoms with Gasteiger partial charge in [-0.3, -0.25) is 0 Å². The lowest BCUT2D eigenvalue weighted by molar-refractivity contribution is 0.673. The summed E-state index contributed by atoms with van der Waals surface area (Å²) in [6.45, 7) is 7.42. The van der Waals surface area contributed by atoms with E-state index < -0.39 is 0 Å². The van der Waals surface area contributed by atoms with Gasteiger partial charge in [-0.15, -0.1) is 0 Å². The lowest BCUT2D eigenvalue weighted by Gasteiger charge is -2.12. The first-order chi connectivity index (χ1) is 26.2. The van der Waals surface area contributed by atoms with Gasteiger partial charge < -0.3 is 4.42 Å². The first kappa shape index (κ1) is 30.5. The summed E-state index contributed by atoms with van der Waals surface area (Å²) < 4.78 is 6.62. The summed E-state index contributed by atoms with van der Waals surface area (Å²) in [7, 11) is 0. The summed E-state index contributed by atoms with van der Waals surface area (Å²) in [4.78, 5) is 13.9. The van der Waals surface area contributed by atoms with Gasteiger partial charge >= 0.3 is 0 Å². The highest BCUT2D eigenvalue weighted by Gasteiger charge is 2.19. The standard InChI is InChI=1S/C49H29N3O/c1-50-39-23-20-33(21-24-39)46-30-45(32-11-3-2-4-12-32)51-49(52-46)44-29-43-42-28-38(22-25-47(42)53-48(43)41-17-8-7-16-40(41)44)36-15-9-14-35(27-36)37-19-18-31-10-5-6-13-34(31)26-37/h2-30H. The van der Waals surface area contributed by atoms with Crippen LogP contribution in [0.4, 0.5) is 5.69 Å². The molecule has 0 aliphatic carbocycles. The molecule has 10 rings (SSSR count). The fourth-order valence-corrected chi connectivity index (χ4v) is 7.39. The van der Waals surface area contributed by atoms with Crippen molar-refractivity contribution < 1.29 is 4.42 Å². The zero-order chi connectivity index (χ0) is 35.3. The highest BCUT2D eigenvalue weighted by atomic mass is 16.3. The molecule has 0 bridgehead atoms. The second-order valence-corrected chi connectivity index (χ2v) is 13.3. The van der Waals surface area contributed by atoms with E-state index in [1.165, 1.54) is 21.9 Å². The largest absolute Gasteiger partial charge is 0.455 e. The quantitative estimate of drug-likeness (QED) is 0.171. The van der Waals surface area contributed by atoms with Crippen molar-refractivity contribution in [3.63, 3.8) is 0 Å². The zero-order valence-corrected chi connectivity index (χ0v) is 28.5. The van der Waals surface area contributed by atoms with Crippen molar-refractivity contribution in [2.24, 2.45) is 0 Å². The SMILES string of the molecule is [C-]#[N+]c1ccc(-c2cc(-c3ccccc3)nc(-c3cc4c5cc(-c6cccc(-c7ccc8ccccc8c7)c6)ccc5oc4c4ccccc34)n2)cc1. The minimum atomic E-state index is 0.592. The van der Waals surface area contributed by atoms with Crippen LogP contribution in [0.5, 0.6) is 0 Å². The predicted octanol–water partition coefficient (Wildman–Crippen LogP) is 13.6. The molecule has 0 aliphatic rings. The van der Waals surface area contributed by atoms with Gasteiger partial charge in [0, 0.05) is 27.3 Å². The molecule has 0 saturated carbocycles. The number of nitrogens with zero attached hydrogens (tertiary/aromatic N) is 3. The van der Waals surface area contributed by atoms with Gasteiger partial charge in [0.1, 0.15) is 11.2 Å². The number of benzene rings is 8. The molecule has 0 amide bonds. The molecule has 0 radical (unpaired) electrons. The van der Waals surface area contributed by atoms with Crippen molar-refractivity contribution >= 4 is 49.2 Å². The molecule has 246 valence electrons. The zero-order valence-electron chi connectivity index (χ0n) is 28.5. The van der Waals surface area contributed by atoms with Crippen LogP contribution < -0.4 is 0 Å². The summed E-state index contributed by atoms with van der Waals surface area (Å²) in [6, 6.07) is 60.6. The maximum atomic E-state index is 7.42. The monoisotopic (exact) mass is 675 g/mol. The number of fused-ring (bicyclic) bond motifs is 6. The van der Waals surface area contributed by atoms with Crippen LogP contribution in [-0.2, 0) is 0 Å². The van der Waals surface area contributed by atoms with Gasteiger partial charge in [0.15, 0.2) is 11.5 Å². The lowest BCUT2D eigenvalue weighted by Crippen LogP contribution is -1.96. The number of hydrogen-bond donors (Lipinski definition) is 0. The fourth-order valence-electron chi connectivity index (χ4n) is 7.39. The lowest BCUT2D eigenvalue weighted by atomic mass is 9.95. The first-order valence-corrected chi connectivity index (χ1v) is 17.6. The average molecular weight is 676 g/mol. The van der Waals surface area contributed by atoms with Gasteiger partial charge in [0.05, 0.1) is 18.0 Å². The van der Waals surface area contributed by atoms with E-state index in [1.54, 1.807) is 0 Å². The number of hydrogen-bond acceptors (Lipinski definition) is 3. The van der Waals surface area contributed by atoms with Crippen molar-refractivity contribution in [2.75, 3.05) is 0 Å². The minimum absolute atomic E-state index is 0.592. The smallest absolute Gasteiger partial charge is 0.187 e. The van der Waals surface area contributed by atoms with Crippen molar-refractivity contribution in [3.8, 4) is 56.2 Å². The number of rotatable bonds is 5. The van der Waals surface area contributed by atoms with E-state index in [-0.39, 0.29) is 0 Å². The Labute approximate surface area is 306 Å². The van der Waals surface area contributed by atoms with E-state index in [4.69, 9.17) is 21.0 Å². The van der Waals surface area contributed by atoms with Crippen molar-refractivity contribution in [3.05, 3.63) is 187 Å². The molecule has 0 spiro atoms. The van der Waals surface area contributed by atoms with Gasteiger partial charge in [-0.25, -0.2) is 14.8 Å². The average Bonchev–Trinajstić information content (AvgIpc) is 3.61. The fraction of sp³-hybridized carbons (Fsp3) is 0. The van der Waals surface area contributed by atoms with E-state index in [0.29, 0.717) is 11.5 Å². The molecule has 2 heterocycles. The van der Waals surface area contributed by atoms with Crippen LogP contribution >= 0.6 is 0 Å². The maximum absolute atomic E-state index is 7.42. The van der Waals surface area contributed by atoms with Crippen LogP contribution in [0.25, 0.3) is 104 Å². The van der Waals surface area contributed by atoms with Gasteiger partial charge in [0.25, 0.3) is 0 Å². The Hall–Kier alpha value is -7.35. The second kappa shape index (κ2) is 12.5. The van der Waals surface area contributed by atoms with Crippen molar-refractivity contribution in [1.29, 1.82) is 0 Å². The Kier molecular flexibility index (Phi) is 7.16. The second-order valence-electron chi connectivity index (χ2n) is 13.3. The Morgan fingerprint density at radius 2 is 1.02 bits per heavy atom. The topological polar surface area (TPSA) is 43.3 Å². The molecule has 0 saturated heterocycles. The summed E-state index contributed by atoms with van der Waals surface area (Å²) in [5, 5.41) is 6.54. The highest BCUT2D eigenvalue weighted by Crippen LogP contribution is 2.41. The molecule has 10 aromatic rings. The Morgan fingerprint density at radius 1 is 0.415 bits per heavy atom. The highest BCUT2D eigenvalue weighted by molar-refractivity contribution is 6.19. The molecule has 4 heteroatoms. The number of aromatic nitrogens is 2. The van der Waals surface area contributed by atoms with Crippen LogP contribution in [0.15, 0.2) is 180 Å². The van der Waals surface area contributed by atoms with Gasteiger partial charge in [-0.1, -0.05) is 140 Å². The Morgan fingerprint density at radius 3 is 1.79 bits per heavy atom. The molecule has 0 fully saturated rings. The normalized spacial score (nSPS) is 11.4. The molecule has 8 aromatic carbocycles. The molecular weight excluding hydrogens is 647 g/mol. The third-order valence-electron chi connectivity index (χ3n) is 10.1. The summed E-state index contributed by atoms with van der Waals surface area (Å²) >= 11 is 0. The van der Waals surface area contributed by atoms with E-state index in [9.17, 15) is 0 Å². The van der Waals surface area contributed by atoms with Crippen LogP contribution in [0.2, 0.25) is 0 Å². The minimum Gasteiger partial charge on any atom is -0.455 e. The summed E-state index contributed by atoms with van der Waals surface area (Å²) in [6.07, 6.45) is 0. The molecule has 53 heavy (non-hydrogen) atoms. The van der Waals surface area contributed by atoms with Crippen molar-refractivity contribution in [2.45, 2.75) is 0 Å². The Balaban J connectivity index is 1.15. The molecular formula is C49H29N3O. The van der Waals surface area contributed by atoms with Crippen LogP contribution in [0.1, 0.15) is 0 Å². The predicted molar refractivity (Wildman–Crippen MR) is 218 cm³/mol. The van der Waals surface area contributed by atoms with Gasteiger partial charge in [0.2, 0.25) is 0 Å². The molecule has 0 aliphatic heterocycles. The summed E-state index contributed by atoms with van der Waals surface area (Å²) in [5.74, 6) is 0.627. The van der Waals surface area contributed by atoms with E-state index in [1.807, 2.05) is 60.7 Å². The summed E-state index contributed by atoms with van der Waals surface area (Å²) in [5.41, 5.74) is 11.4. The molecule has 0 N–H and O–H groups in total. The van der Waals surface area contributed by atoms with Crippen LogP contribution in [-0.4, -0.2) is 9.97 Å². The Bertz CT molecular complexity index is 3060. The van der Waals surface area contributed by atoms with Crippen LogP contribution in [0.3, 0.4) is 0 Å². The van der Waals surface area contributed by atoms with E-state index in [2.05, 4.69) is 120 Å². The number of furan rings is 1. The van der Waals surface area contributed by atoms with E-state index >= 15 is 0 Å². The van der Waals surface area contributed by atoms with Crippen LogP contribution in [0, 0.1) is 6.57 Å². The molecule has 0 unspecified atom stereocenters. The molecule has 0 atom stereocenters. The van der Waals surface area contributed by atoms with E-state index in [0.717, 1.165) is 71.9 Å². The first-order valence-electron chi connectivity index (χ1n) is 17.6. The third-order valence-corrected chi connectivity index (χ3v) is 10.1. The molecule has 4 nitrogen and oxygen atoms in total.